The van der Waals surface area contributed by atoms with E-state index >= 15 is 0 Å². The summed E-state index contributed by atoms with van der Waals surface area (Å²) in [6, 6.07) is 7.48. The number of rotatable bonds is 4. The number of hydrogen-bond donors (Lipinski definition) is 1. The van der Waals surface area contributed by atoms with E-state index in [1.54, 1.807) is 18.4 Å². The Hall–Kier alpha value is -2.08. The van der Waals surface area contributed by atoms with Crippen molar-refractivity contribution in [2.24, 2.45) is 0 Å². The molecule has 0 fully saturated rings. The largest absolute Gasteiger partial charge is 0.478 e. The molecule has 2 aromatic carbocycles. The Bertz CT molecular complexity index is 659. The molecule has 0 saturated heterocycles. The van der Waals surface area contributed by atoms with E-state index in [-0.39, 0.29) is 17.1 Å². The molecule has 2 aromatic rings. The van der Waals surface area contributed by atoms with Gasteiger partial charge in [-0.25, -0.2) is 13.6 Å². The monoisotopic (exact) mass is 296 g/mol. The SMILES string of the molecule is CSc1cccc(Oc2ccc(F)cc2F)c1C(=O)O. The minimum Gasteiger partial charge on any atom is -0.478 e. The van der Waals surface area contributed by atoms with Crippen LogP contribution in [0.5, 0.6) is 11.5 Å². The van der Waals surface area contributed by atoms with Gasteiger partial charge in [-0.3, -0.25) is 0 Å². The Morgan fingerprint density at radius 3 is 2.55 bits per heavy atom. The van der Waals surface area contributed by atoms with Gasteiger partial charge in [-0.15, -0.1) is 11.8 Å². The van der Waals surface area contributed by atoms with Crippen LogP contribution in [-0.2, 0) is 0 Å². The van der Waals surface area contributed by atoms with Crippen molar-refractivity contribution in [1.82, 2.24) is 0 Å². The summed E-state index contributed by atoms with van der Waals surface area (Å²) in [5.74, 6) is -3.02. The molecule has 1 N–H and O–H groups in total. The van der Waals surface area contributed by atoms with Crippen LogP contribution in [0.25, 0.3) is 0 Å². The Kier molecular flexibility index (Phi) is 4.24. The third kappa shape index (κ3) is 2.91. The highest BCUT2D eigenvalue weighted by atomic mass is 32.2. The molecule has 0 atom stereocenters. The second kappa shape index (κ2) is 5.92. The molecular formula is C14H10F2O3S. The minimum absolute atomic E-state index is 0.00913. The third-order valence-corrected chi connectivity index (χ3v) is 3.32. The lowest BCUT2D eigenvalue weighted by molar-refractivity contribution is 0.0690. The highest BCUT2D eigenvalue weighted by molar-refractivity contribution is 7.98. The average Bonchev–Trinajstić information content (AvgIpc) is 2.41. The predicted molar refractivity (Wildman–Crippen MR) is 71.6 cm³/mol. The van der Waals surface area contributed by atoms with Crippen LogP contribution >= 0.6 is 11.8 Å². The second-order valence-corrected chi connectivity index (χ2v) is 4.66. The molecule has 0 saturated carbocycles. The maximum Gasteiger partial charge on any atom is 0.340 e. The molecule has 3 nitrogen and oxygen atoms in total. The van der Waals surface area contributed by atoms with Crippen molar-refractivity contribution in [3.05, 3.63) is 53.6 Å². The van der Waals surface area contributed by atoms with Crippen molar-refractivity contribution < 1.29 is 23.4 Å². The quantitative estimate of drug-likeness (QED) is 0.860. The van der Waals surface area contributed by atoms with E-state index in [0.717, 1.165) is 12.1 Å². The molecule has 0 radical (unpaired) electrons. The molecule has 0 spiro atoms. The fourth-order valence-corrected chi connectivity index (χ4v) is 2.26. The predicted octanol–water partition coefficient (Wildman–Crippen LogP) is 4.18. The molecule has 0 aliphatic rings. The summed E-state index contributed by atoms with van der Waals surface area (Å²) in [5, 5.41) is 9.22. The highest BCUT2D eigenvalue weighted by Gasteiger charge is 2.18. The lowest BCUT2D eigenvalue weighted by atomic mass is 10.2. The van der Waals surface area contributed by atoms with Gasteiger partial charge in [0.15, 0.2) is 11.6 Å². The van der Waals surface area contributed by atoms with Crippen molar-refractivity contribution in [3.63, 3.8) is 0 Å². The zero-order valence-corrected chi connectivity index (χ0v) is 11.2. The summed E-state index contributed by atoms with van der Waals surface area (Å²) < 4.78 is 31.6. The Morgan fingerprint density at radius 2 is 1.95 bits per heavy atom. The normalized spacial score (nSPS) is 10.3. The number of aromatic carboxylic acids is 1. The molecule has 6 heteroatoms. The zero-order chi connectivity index (χ0) is 14.7. The van der Waals surface area contributed by atoms with E-state index < -0.39 is 17.6 Å². The lowest BCUT2D eigenvalue weighted by Crippen LogP contribution is -2.02. The maximum atomic E-state index is 13.5. The first-order valence-corrected chi connectivity index (χ1v) is 6.78. The van der Waals surface area contributed by atoms with E-state index in [0.29, 0.717) is 11.0 Å². The van der Waals surface area contributed by atoms with Gasteiger partial charge in [0.2, 0.25) is 0 Å². The van der Waals surface area contributed by atoms with Gasteiger partial charge >= 0.3 is 5.97 Å². The lowest BCUT2D eigenvalue weighted by Gasteiger charge is -2.11. The summed E-state index contributed by atoms with van der Waals surface area (Å²) in [5.41, 5.74) is -0.0521. The molecule has 104 valence electrons. The number of ether oxygens (including phenoxy) is 1. The van der Waals surface area contributed by atoms with Gasteiger partial charge in [-0.05, 0) is 30.5 Å². The summed E-state index contributed by atoms with van der Waals surface area (Å²) >= 11 is 1.24. The van der Waals surface area contributed by atoms with Gasteiger partial charge in [-0.2, -0.15) is 0 Å². The molecule has 0 aromatic heterocycles. The van der Waals surface area contributed by atoms with Crippen LogP contribution in [0.3, 0.4) is 0 Å². The van der Waals surface area contributed by atoms with Crippen molar-refractivity contribution in [1.29, 1.82) is 0 Å². The van der Waals surface area contributed by atoms with E-state index in [9.17, 15) is 18.7 Å². The van der Waals surface area contributed by atoms with E-state index in [1.165, 1.54) is 17.8 Å². The number of thioether (sulfide) groups is 1. The van der Waals surface area contributed by atoms with Gasteiger partial charge in [0, 0.05) is 11.0 Å². The fourth-order valence-electron chi connectivity index (χ4n) is 1.65. The van der Waals surface area contributed by atoms with E-state index in [2.05, 4.69) is 0 Å². The number of carboxylic acids is 1. The summed E-state index contributed by atoms with van der Waals surface area (Å²) in [7, 11) is 0. The molecule has 0 bridgehead atoms. The van der Waals surface area contributed by atoms with Gasteiger partial charge in [0.05, 0.1) is 0 Å². The number of halogens is 2. The van der Waals surface area contributed by atoms with Crippen LogP contribution in [-0.4, -0.2) is 17.3 Å². The first-order valence-electron chi connectivity index (χ1n) is 5.56. The summed E-state index contributed by atoms with van der Waals surface area (Å²) in [6.07, 6.45) is 1.73. The van der Waals surface area contributed by atoms with Gasteiger partial charge in [-0.1, -0.05) is 6.07 Å². The average molecular weight is 296 g/mol. The zero-order valence-electron chi connectivity index (χ0n) is 10.4. The number of carboxylic acid groups (broad SMARTS) is 1. The minimum atomic E-state index is -1.17. The first-order chi connectivity index (χ1) is 9.52. The number of benzene rings is 2. The molecule has 0 heterocycles. The topological polar surface area (TPSA) is 46.5 Å². The molecule has 0 aliphatic carbocycles. The number of hydrogen-bond acceptors (Lipinski definition) is 3. The Balaban J connectivity index is 2.45. The van der Waals surface area contributed by atoms with E-state index in [1.807, 2.05) is 0 Å². The molecule has 20 heavy (non-hydrogen) atoms. The van der Waals surface area contributed by atoms with Crippen LogP contribution in [0.2, 0.25) is 0 Å². The van der Waals surface area contributed by atoms with Crippen molar-refractivity contribution in [3.8, 4) is 11.5 Å². The van der Waals surface area contributed by atoms with E-state index in [4.69, 9.17) is 4.74 Å². The summed E-state index contributed by atoms with van der Waals surface area (Å²) in [6.45, 7) is 0. The van der Waals surface area contributed by atoms with Gasteiger partial charge in [0.1, 0.15) is 17.1 Å². The first kappa shape index (κ1) is 14.3. The molecule has 0 unspecified atom stereocenters. The van der Waals surface area contributed by atoms with Crippen LogP contribution in [0.4, 0.5) is 8.78 Å². The fraction of sp³-hybridized carbons (Fsp3) is 0.0714. The molecule has 2 rings (SSSR count). The Morgan fingerprint density at radius 1 is 1.20 bits per heavy atom. The van der Waals surface area contributed by atoms with Crippen molar-refractivity contribution in [2.45, 2.75) is 4.90 Å². The second-order valence-electron chi connectivity index (χ2n) is 3.82. The molecule has 0 aliphatic heterocycles. The van der Waals surface area contributed by atoms with Crippen LogP contribution < -0.4 is 4.74 Å². The maximum absolute atomic E-state index is 13.5. The van der Waals surface area contributed by atoms with Crippen LogP contribution in [0.15, 0.2) is 41.3 Å². The van der Waals surface area contributed by atoms with Crippen molar-refractivity contribution in [2.75, 3.05) is 6.26 Å². The standard InChI is InChI=1S/C14H10F2O3S/c1-20-12-4-2-3-11(13(12)14(17)18)19-10-6-5-8(15)7-9(10)16/h2-7H,1H3,(H,17,18). The third-order valence-electron chi connectivity index (χ3n) is 2.54. The van der Waals surface area contributed by atoms with Gasteiger partial charge < -0.3 is 9.84 Å². The molecule has 0 amide bonds. The van der Waals surface area contributed by atoms with Gasteiger partial charge in [0.25, 0.3) is 0 Å². The van der Waals surface area contributed by atoms with Crippen LogP contribution in [0.1, 0.15) is 10.4 Å². The highest BCUT2D eigenvalue weighted by Crippen LogP contribution is 2.33. The molecular weight excluding hydrogens is 286 g/mol. The summed E-state index contributed by atoms with van der Waals surface area (Å²) in [4.78, 5) is 11.8. The van der Waals surface area contributed by atoms with Crippen molar-refractivity contribution >= 4 is 17.7 Å². The number of carbonyl (C=O) groups is 1. The smallest absolute Gasteiger partial charge is 0.340 e. The Labute approximate surface area is 118 Å². The van der Waals surface area contributed by atoms with Crippen LogP contribution in [0, 0.1) is 11.6 Å².